The van der Waals surface area contributed by atoms with Gasteiger partial charge in [-0.3, -0.25) is 4.79 Å². The zero-order chi connectivity index (χ0) is 12.7. The summed E-state index contributed by atoms with van der Waals surface area (Å²) in [6.45, 7) is 1.62. The SMILES string of the molecule is C#CC[C@](CO)(C(=O)OCC)c1ccccc1. The Balaban J connectivity index is 3.18. The molecule has 90 valence electrons. The normalized spacial score (nSPS) is 13.5. The summed E-state index contributed by atoms with van der Waals surface area (Å²) in [5.74, 6) is 1.96. The van der Waals surface area contributed by atoms with Crippen molar-refractivity contribution in [2.75, 3.05) is 13.2 Å². The largest absolute Gasteiger partial charge is 0.465 e. The number of esters is 1. The molecule has 1 rings (SSSR count). The molecule has 3 heteroatoms. The van der Waals surface area contributed by atoms with Crippen molar-refractivity contribution in [3.63, 3.8) is 0 Å². The first-order valence-corrected chi connectivity index (χ1v) is 5.48. The van der Waals surface area contributed by atoms with Gasteiger partial charge >= 0.3 is 5.97 Å². The number of terminal acetylenes is 1. The molecule has 1 aromatic carbocycles. The van der Waals surface area contributed by atoms with E-state index in [0.29, 0.717) is 5.56 Å². The maximum absolute atomic E-state index is 12.0. The van der Waals surface area contributed by atoms with Crippen molar-refractivity contribution < 1.29 is 14.6 Å². The van der Waals surface area contributed by atoms with E-state index >= 15 is 0 Å². The molecule has 0 fully saturated rings. The van der Waals surface area contributed by atoms with Gasteiger partial charge in [-0.05, 0) is 12.5 Å². The molecule has 17 heavy (non-hydrogen) atoms. The van der Waals surface area contributed by atoms with E-state index in [0.717, 1.165) is 0 Å². The van der Waals surface area contributed by atoms with Gasteiger partial charge in [-0.25, -0.2) is 0 Å². The zero-order valence-electron chi connectivity index (χ0n) is 9.85. The molecular weight excluding hydrogens is 216 g/mol. The second-order valence-corrected chi connectivity index (χ2v) is 3.71. The Bertz CT molecular complexity index is 405. The van der Waals surface area contributed by atoms with Gasteiger partial charge in [0.2, 0.25) is 0 Å². The van der Waals surface area contributed by atoms with Crippen LogP contribution in [0, 0.1) is 12.3 Å². The number of ether oxygens (including phenoxy) is 1. The third-order valence-electron chi connectivity index (χ3n) is 2.67. The fourth-order valence-corrected chi connectivity index (χ4v) is 1.70. The minimum absolute atomic E-state index is 0.117. The molecule has 0 aliphatic heterocycles. The molecule has 0 aromatic heterocycles. The lowest BCUT2D eigenvalue weighted by molar-refractivity contribution is -0.151. The predicted molar refractivity (Wildman–Crippen MR) is 65.3 cm³/mol. The Labute approximate surface area is 101 Å². The number of hydrogen-bond acceptors (Lipinski definition) is 3. The number of carbonyl (C=O) groups is 1. The Morgan fingerprint density at radius 3 is 2.59 bits per heavy atom. The van der Waals surface area contributed by atoms with Crippen LogP contribution >= 0.6 is 0 Å². The molecule has 0 saturated carbocycles. The second-order valence-electron chi connectivity index (χ2n) is 3.71. The maximum Gasteiger partial charge on any atom is 0.319 e. The molecule has 0 aliphatic carbocycles. The van der Waals surface area contributed by atoms with Gasteiger partial charge in [0.25, 0.3) is 0 Å². The van der Waals surface area contributed by atoms with Crippen molar-refractivity contribution in [3.8, 4) is 12.3 Å². The number of hydrogen-bond donors (Lipinski definition) is 1. The van der Waals surface area contributed by atoms with Crippen LogP contribution in [0.2, 0.25) is 0 Å². The topological polar surface area (TPSA) is 46.5 Å². The molecule has 1 N–H and O–H groups in total. The Kier molecular flexibility index (Phi) is 4.74. The molecule has 0 aliphatic rings. The van der Waals surface area contributed by atoms with Crippen LogP contribution in [-0.4, -0.2) is 24.3 Å². The summed E-state index contributed by atoms with van der Waals surface area (Å²) >= 11 is 0. The summed E-state index contributed by atoms with van der Waals surface area (Å²) in [6, 6.07) is 8.98. The Hall–Kier alpha value is -1.79. The highest BCUT2D eigenvalue weighted by Gasteiger charge is 2.40. The van der Waals surface area contributed by atoms with Gasteiger partial charge in [-0.2, -0.15) is 0 Å². The molecular formula is C14H16O3. The summed E-state index contributed by atoms with van der Waals surface area (Å²) < 4.78 is 5.01. The summed E-state index contributed by atoms with van der Waals surface area (Å²) in [6.07, 6.45) is 5.41. The molecule has 0 amide bonds. The van der Waals surface area contributed by atoms with Crippen LogP contribution in [0.15, 0.2) is 30.3 Å². The number of rotatable bonds is 5. The van der Waals surface area contributed by atoms with E-state index in [1.165, 1.54) is 0 Å². The number of aliphatic hydroxyl groups excluding tert-OH is 1. The van der Waals surface area contributed by atoms with Crippen LogP contribution in [0.5, 0.6) is 0 Å². The standard InChI is InChI=1S/C14H16O3/c1-3-10-14(11-15,13(16)17-4-2)12-8-6-5-7-9-12/h1,5-9,15H,4,10-11H2,2H3/t14-/m1/s1. The van der Waals surface area contributed by atoms with Crippen LogP contribution in [0.3, 0.4) is 0 Å². The predicted octanol–water partition coefficient (Wildman–Crippen LogP) is 1.50. The Morgan fingerprint density at radius 1 is 1.47 bits per heavy atom. The van der Waals surface area contributed by atoms with Crippen LogP contribution in [-0.2, 0) is 14.9 Å². The van der Waals surface area contributed by atoms with E-state index in [4.69, 9.17) is 11.2 Å². The fraction of sp³-hybridized carbons (Fsp3) is 0.357. The monoisotopic (exact) mass is 232 g/mol. The fourth-order valence-electron chi connectivity index (χ4n) is 1.70. The molecule has 0 bridgehead atoms. The van der Waals surface area contributed by atoms with Gasteiger partial charge < -0.3 is 9.84 Å². The van der Waals surface area contributed by atoms with Crippen molar-refractivity contribution in [1.82, 2.24) is 0 Å². The van der Waals surface area contributed by atoms with Crippen molar-refractivity contribution in [2.24, 2.45) is 0 Å². The highest BCUT2D eigenvalue weighted by atomic mass is 16.5. The smallest absolute Gasteiger partial charge is 0.319 e. The van der Waals surface area contributed by atoms with Crippen molar-refractivity contribution in [2.45, 2.75) is 18.8 Å². The molecule has 0 heterocycles. The Morgan fingerprint density at radius 2 is 2.12 bits per heavy atom. The highest BCUT2D eigenvalue weighted by Crippen LogP contribution is 2.29. The van der Waals surface area contributed by atoms with Crippen molar-refractivity contribution in [1.29, 1.82) is 0 Å². The van der Waals surface area contributed by atoms with Crippen LogP contribution in [0.25, 0.3) is 0 Å². The molecule has 0 spiro atoms. The molecule has 3 nitrogen and oxygen atoms in total. The van der Waals surface area contributed by atoms with Gasteiger partial charge in [0.15, 0.2) is 0 Å². The van der Waals surface area contributed by atoms with Gasteiger partial charge in [0, 0.05) is 6.42 Å². The lowest BCUT2D eigenvalue weighted by atomic mass is 9.78. The summed E-state index contributed by atoms with van der Waals surface area (Å²) in [5, 5.41) is 9.56. The number of benzene rings is 1. The first-order valence-electron chi connectivity index (χ1n) is 5.48. The van der Waals surface area contributed by atoms with E-state index in [1.54, 1.807) is 31.2 Å². The number of carbonyl (C=O) groups excluding carboxylic acids is 1. The third-order valence-corrected chi connectivity index (χ3v) is 2.67. The first-order chi connectivity index (χ1) is 8.21. The van der Waals surface area contributed by atoms with E-state index in [-0.39, 0.29) is 19.6 Å². The summed E-state index contributed by atoms with van der Waals surface area (Å²) in [4.78, 5) is 12.0. The second kappa shape index (κ2) is 6.07. The molecule has 0 unspecified atom stereocenters. The minimum Gasteiger partial charge on any atom is -0.465 e. The molecule has 1 aromatic rings. The average molecular weight is 232 g/mol. The third kappa shape index (κ3) is 2.66. The van der Waals surface area contributed by atoms with Crippen LogP contribution in [0.4, 0.5) is 0 Å². The van der Waals surface area contributed by atoms with E-state index < -0.39 is 11.4 Å². The van der Waals surface area contributed by atoms with Gasteiger partial charge in [0.05, 0.1) is 13.2 Å². The molecule has 0 saturated heterocycles. The quantitative estimate of drug-likeness (QED) is 0.618. The number of aliphatic hydroxyl groups is 1. The molecule has 1 atom stereocenters. The van der Waals surface area contributed by atoms with Crippen molar-refractivity contribution >= 4 is 5.97 Å². The zero-order valence-corrected chi connectivity index (χ0v) is 9.85. The van der Waals surface area contributed by atoms with E-state index in [1.807, 2.05) is 6.07 Å². The summed E-state index contributed by atoms with van der Waals surface area (Å²) in [7, 11) is 0. The van der Waals surface area contributed by atoms with E-state index in [2.05, 4.69) is 5.92 Å². The van der Waals surface area contributed by atoms with Crippen LogP contribution < -0.4 is 0 Å². The first kappa shape index (κ1) is 13.3. The van der Waals surface area contributed by atoms with Crippen molar-refractivity contribution in [3.05, 3.63) is 35.9 Å². The maximum atomic E-state index is 12.0. The highest BCUT2D eigenvalue weighted by molar-refractivity contribution is 5.84. The minimum atomic E-state index is -1.15. The average Bonchev–Trinajstić information content (AvgIpc) is 2.37. The lowest BCUT2D eigenvalue weighted by Gasteiger charge is -2.27. The van der Waals surface area contributed by atoms with Gasteiger partial charge in [0.1, 0.15) is 5.41 Å². The summed E-state index contributed by atoms with van der Waals surface area (Å²) in [5.41, 5.74) is -0.467. The molecule has 0 radical (unpaired) electrons. The van der Waals surface area contributed by atoms with Gasteiger partial charge in [-0.15, -0.1) is 12.3 Å². The van der Waals surface area contributed by atoms with E-state index in [9.17, 15) is 9.90 Å². The van der Waals surface area contributed by atoms with Crippen LogP contribution in [0.1, 0.15) is 18.9 Å². The van der Waals surface area contributed by atoms with Gasteiger partial charge in [-0.1, -0.05) is 30.3 Å². The lowest BCUT2D eigenvalue weighted by Crippen LogP contribution is -2.40.